The van der Waals surface area contributed by atoms with Crippen LogP contribution in [0.25, 0.3) is 39.0 Å². The average Bonchev–Trinajstić information content (AvgIpc) is 3.64. The molecule has 46 heavy (non-hydrogen) atoms. The van der Waals surface area contributed by atoms with Crippen LogP contribution in [0.3, 0.4) is 0 Å². The summed E-state index contributed by atoms with van der Waals surface area (Å²) in [5.74, 6) is 1.88. The second-order valence-corrected chi connectivity index (χ2v) is 13.4. The minimum absolute atomic E-state index is 0. The van der Waals surface area contributed by atoms with Crippen LogP contribution < -0.4 is 9.30 Å². The molecule has 0 aliphatic rings. The van der Waals surface area contributed by atoms with Gasteiger partial charge in [-0.15, -0.1) is 23.6 Å². The molecule has 4 aromatic heterocycles. The van der Waals surface area contributed by atoms with Gasteiger partial charge in [0.05, 0.1) is 5.69 Å². The molecule has 7 rings (SSSR count). The van der Waals surface area contributed by atoms with Crippen LogP contribution in [0.1, 0.15) is 52.7 Å². The normalized spacial score (nSPS) is 12.0. The molecule has 0 aliphatic carbocycles. The number of para-hydroxylation sites is 1. The van der Waals surface area contributed by atoms with Gasteiger partial charge in [0.1, 0.15) is 5.82 Å². The minimum Gasteiger partial charge on any atom is -0.508 e. The van der Waals surface area contributed by atoms with Crippen molar-refractivity contribution in [2.75, 3.05) is 0 Å². The molecule has 0 spiro atoms. The largest absolute Gasteiger partial charge is 0.508 e. The summed E-state index contributed by atoms with van der Waals surface area (Å²) in [6.07, 6.45) is 12.6. The first kappa shape index (κ1) is 31.4. The molecular formula is C39H35N5OPt-2. The van der Waals surface area contributed by atoms with E-state index in [4.69, 9.17) is 4.74 Å². The number of imidazole rings is 1. The molecule has 0 fully saturated rings. The molecule has 0 N–H and O–H groups in total. The van der Waals surface area contributed by atoms with Gasteiger partial charge in [0.15, 0.2) is 0 Å². The Bertz CT molecular complexity index is 2140. The van der Waals surface area contributed by atoms with E-state index in [0.717, 1.165) is 39.0 Å². The van der Waals surface area contributed by atoms with Crippen molar-refractivity contribution in [2.45, 2.75) is 52.4 Å². The van der Waals surface area contributed by atoms with E-state index in [1.54, 1.807) is 18.6 Å². The number of ether oxygens (including phenoxy) is 1. The predicted molar refractivity (Wildman–Crippen MR) is 178 cm³/mol. The maximum Gasteiger partial charge on any atom is 0.267 e. The van der Waals surface area contributed by atoms with Gasteiger partial charge in [0.2, 0.25) is 0 Å². The summed E-state index contributed by atoms with van der Waals surface area (Å²) < 4.78 is 12.3. The van der Waals surface area contributed by atoms with E-state index in [2.05, 4.69) is 111 Å². The van der Waals surface area contributed by atoms with Crippen LogP contribution in [-0.4, -0.2) is 19.1 Å². The van der Waals surface area contributed by atoms with E-state index < -0.39 is 0 Å². The fraction of sp³-hybridized carbons (Fsp3) is 0.205. The molecule has 0 unspecified atom stereocenters. The van der Waals surface area contributed by atoms with Gasteiger partial charge < -0.3 is 18.9 Å². The van der Waals surface area contributed by atoms with Crippen molar-refractivity contribution in [1.82, 2.24) is 19.1 Å². The van der Waals surface area contributed by atoms with Crippen molar-refractivity contribution in [3.05, 3.63) is 133 Å². The molecule has 0 atom stereocenters. The van der Waals surface area contributed by atoms with Gasteiger partial charge in [0, 0.05) is 56.7 Å². The van der Waals surface area contributed by atoms with Crippen LogP contribution in [0, 0.1) is 18.5 Å². The van der Waals surface area contributed by atoms with Crippen molar-refractivity contribution < 1.29 is 30.4 Å². The van der Waals surface area contributed by atoms with Gasteiger partial charge in [-0.05, 0) is 69.6 Å². The van der Waals surface area contributed by atoms with E-state index in [1.807, 2.05) is 57.9 Å². The van der Waals surface area contributed by atoms with Gasteiger partial charge >= 0.3 is 0 Å². The molecule has 0 saturated heterocycles. The third-order valence-electron chi connectivity index (χ3n) is 8.06. The quantitative estimate of drug-likeness (QED) is 0.130. The third-order valence-corrected chi connectivity index (χ3v) is 8.06. The topological polar surface area (TPSA) is 48.8 Å². The molecule has 0 aliphatic heterocycles. The monoisotopic (exact) mass is 784 g/mol. The number of aromatic nitrogens is 5. The van der Waals surface area contributed by atoms with Crippen molar-refractivity contribution in [3.8, 4) is 28.7 Å². The summed E-state index contributed by atoms with van der Waals surface area (Å²) in [7, 11) is 0. The van der Waals surface area contributed by atoms with Crippen molar-refractivity contribution >= 4 is 21.8 Å². The number of nitrogens with zero attached hydrogens (tertiary/aromatic N) is 5. The predicted octanol–water partition coefficient (Wildman–Crippen LogP) is 8.43. The molecule has 234 valence electrons. The molecule has 0 radical (unpaired) electrons. The van der Waals surface area contributed by atoms with Crippen LogP contribution >= 0.6 is 0 Å². The molecular weight excluding hydrogens is 750 g/mol. The van der Waals surface area contributed by atoms with Gasteiger partial charge in [-0.2, -0.15) is 6.07 Å². The molecule has 0 amide bonds. The number of hydrogen-bond acceptors (Lipinski definition) is 3. The summed E-state index contributed by atoms with van der Waals surface area (Å²) in [5, 5.41) is 2.21. The third kappa shape index (κ3) is 6.02. The summed E-state index contributed by atoms with van der Waals surface area (Å²) in [6, 6.07) is 31.9. The maximum atomic E-state index is 6.29. The first-order chi connectivity index (χ1) is 21.5. The fourth-order valence-electron chi connectivity index (χ4n) is 5.53. The zero-order valence-electron chi connectivity index (χ0n) is 26.8. The molecule has 7 heteroatoms. The zero-order chi connectivity index (χ0) is 31.3. The summed E-state index contributed by atoms with van der Waals surface area (Å²) in [5.41, 5.74) is 6.37. The minimum atomic E-state index is 0. The number of rotatable bonds is 5. The van der Waals surface area contributed by atoms with Crippen molar-refractivity contribution in [2.24, 2.45) is 0 Å². The van der Waals surface area contributed by atoms with E-state index >= 15 is 0 Å². The molecule has 7 aromatic rings. The first-order valence-electron chi connectivity index (χ1n) is 15.2. The molecule has 4 heterocycles. The van der Waals surface area contributed by atoms with Crippen LogP contribution in [-0.2, 0) is 31.9 Å². The fourth-order valence-corrected chi connectivity index (χ4v) is 5.53. The molecule has 3 aromatic carbocycles. The second kappa shape index (κ2) is 12.0. The van der Waals surface area contributed by atoms with Crippen molar-refractivity contribution in [1.29, 1.82) is 0 Å². The SMILES string of the molecule is CC(C)(C)c1cc(-[n+]2[c-]n(-c3[c-]c(Oc4[c-]c5c(cc4)c4ccccc4n5-c4ccccn4)cnc3)cc2)cc(C(C)(C)C)c1.[Pt]. The van der Waals surface area contributed by atoms with E-state index in [9.17, 15) is 0 Å². The standard InChI is InChI=1S/C39H35N5O.Pt/c1-38(2,3)27-19-28(39(4,5)6)21-29(20-27)42-17-18-43(26-42)30-22-32(25-40-24-30)45-31-14-15-34-33-11-7-8-12-35(33)44(36(34)23-31)37-13-9-10-16-41-37;/h7-21,24-25H,1-6H3;/q-2;. The Morgan fingerprint density at radius 3 is 2.22 bits per heavy atom. The van der Waals surface area contributed by atoms with Gasteiger partial charge in [0.25, 0.3) is 6.33 Å². The summed E-state index contributed by atoms with van der Waals surface area (Å²) >= 11 is 0. The Kier molecular flexibility index (Phi) is 8.20. The Hall–Kier alpha value is -4.54. The number of benzene rings is 3. The van der Waals surface area contributed by atoms with Crippen molar-refractivity contribution in [3.63, 3.8) is 0 Å². The molecule has 6 nitrogen and oxygen atoms in total. The molecule has 0 saturated carbocycles. The maximum absolute atomic E-state index is 6.29. The van der Waals surface area contributed by atoms with Gasteiger partial charge in [-0.1, -0.05) is 83.6 Å². The number of hydrogen-bond donors (Lipinski definition) is 0. The Morgan fingerprint density at radius 2 is 1.50 bits per heavy atom. The van der Waals surface area contributed by atoms with Gasteiger partial charge in [-0.25, -0.2) is 4.98 Å². The second-order valence-electron chi connectivity index (χ2n) is 13.4. The van der Waals surface area contributed by atoms with Crippen LogP contribution in [0.15, 0.2) is 104 Å². The van der Waals surface area contributed by atoms with Crippen LogP contribution in [0.5, 0.6) is 11.5 Å². The number of pyridine rings is 2. The number of fused-ring (bicyclic) bond motifs is 3. The van der Waals surface area contributed by atoms with Crippen LogP contribution in [0.4, 0.5) is 0 Å². The summed E-state index contributed by atoms with van der Waals surface area (Å²) in [4.78, 5) is 9.07. The van der Waals surface area contributed by atoms with Crippen LogP contribution in [0.2, 0.25) is 0 Å². The zero-order valence-corrected chi connectivity index (χ0v) is 29.0. The van der Waals surface area contributed by atoms with E-state index in [1.165, 1.54) is 11.1 Å². The van der Waals surface area contributed by atoms with E-state index in [0.29, 0.717) is 11.5 Å². The Balaban J connectivity index is 0.00000372. The Labute approximate surface area is 284 Å². The average molecular weight is 785 g/mol. The first-order valence-corrected chi connectivity index (χ1v) is 15.2. The van der Waals surface area contributed by atoms with Gasteiger partial charge in [-0.3, -0.25) is 4.57 Å². The summed E-state index contributed by atoms with van der Waals surface area (Å²) in [6.45, 7) is 13.5. The molecule has 0 bridgehead atoms. The Morgan fingerprint density at radius 1 is 0.761 bits per heavy atom. The van der Waals surface area contributed by atoms with E-state index in [-0.39, 0.29) is 31.9 Å². The smallest absolute Gasteiger partial charge is 0.267 e.